The van der Waals surface area contributed by atoms with Crippen molar-refractivity contribution in [1.29, 1.82) is 0 Å². The van der Waals surface area contributed by atoms with Gasteiger partial charge in [0.25, 0.3) is 5.91 Å². The van der Waals surface area contributed by atoms with Gasteiger partial charge in [0.1, 0.15) is 0 Å². The molecule has 1 aromatic heterocycles. The molecule has 0 aliphatic rings. The number of imidazole rings is 1. The number of nitrogens with zero attached hydrogens (tertiary/aromatic N) is 1. The molecule has 144 valence electrons. The highest BCUT2D eigenvalue weighted by Crippen LogP contribution is 2.27. The monoisotopic (exact) mass is 421 g/mol. The number of aromatic nitrogens is 2. The summed E-state index contributed by atoms with van der Waals surface area (Å²) in [6.07, 6.45) is 0.655. The molecular formula is C23H17Cl2N3O. The Morgan fingerprint density at radius 3 is 2.14 bits per heavy atom. The zero-order valence-corrected chi connectivity index (χ0v) is 16.8. The summed E-state index contributed by atoms with van der Waals surface area (Å²) < 4.78 is 0. The number of H-pyrrole nitrogens is 1. The third-order valence-electron chi connectivity index (χ3n) is 4.46. The van der Waals surface area contributed by atoms with E-state index in [2.05, 4.69) is 27.4 Å². The molecule has 0 radical (unpaired) electrons. The molecule has 0 unspecified atom stereocenters. The minimum atomic E-state index is -0.260. The van der Waals surface area contributed by atoms with Gasteiger partial charge in [0, 0.05) is 33.3 Å². The number of aromatic amines is 1. The second-order valence-corrected chi connectivity index (χ2v) is 7.42. The Morgan fingerprint density at radius 1 is 0.862 bits per heavy atom. The molecule has 4 nitrogen and oxygen atoms in total. The number of nitrogens with one attached hydrogen (secondary N) is 2. The summed E-state index contributed by atoms with van der Waals surface area (Å²) in [5.74, 6) is 0.130. The number of carbonyl (C=O) groups is 1. The molecule has 6 heteroatoms. The number of carbonyl (C=O) groups excluding carboxylic acids is 1. The SMILES string of the molecule is O=C(Nc1nc(-c2ccc(Cl)cc2)c(Cc2ccccc2)[nH]1)c1ccc(Cl)cc1. The highest BCUT2D eigenvalue weighted by molar-refractivity contribution is 6.31. The number of amides is 1. The van der Waals surface area contributed by atoms with E-state index in [-0.39, 0.29) is 5.91 Å². The van der Waals surface area contributed by atoms with Gasteiger partial charge in [-0.3, -0.25) is 10.1 Å². The molecular weight excluding hydrogens is 405 g/mol. The number of anilines is 1. The molecule has 29 heavy (non-hydrogen) atoms. The highest BCUT2D eigenvalue weighted by Gasteiger charge is 2.15. The molecule has 0 aliphatic carbocycles. The highest BCUT2D eigenvalue weighted by atomic mass is 35.5. The molecule has 4 rings (SSSR count). The van der Waals surface area contributed by atoms with Crippen molar-refractivity contribution in [1.82, 2.24) is 9.97 Å². The first-order valence-corrected chi connectivity index (χ1v) is 9.80. The van der Waals surface area contributed by atoms with E-state index in [4.69, 9.17) is 23.2 Å². The lowest BCUT2D eigenvalue weighted by Crippen LogP contribution is -2.12. The van der Waals surface area contributed by atoms with E-state index in [0.717, 1.165) is 22.5 Å². The predicted octanol–water partition coefficient (Wildman–Crippen LogP) is 6.23. The van der Waals surface area contributed by atoms with Crippen molar-refractivity contribution < 1.29 is 4.79 Å². The van der Waals surface area contributed by atoms with E-state index in [0.29, 0.717) is 28.0 Å². The van der Waals surface area contributed by atoms with Crippen LogP contribution in [0.1, 0.15) is 21.6 Å². The van der Waals surface area contributed by atoms with Gasteiger partial charge in [0.05, 0.1) is 5.69 Å². The van der Waals surface area contributed by atoms with E-state index in [1.165, 1.54) is 0 Å². The van der Waals surface area contributed by atoms with Crippen LogP contribution in [0.3, 0.4) is 0 Å². The summed E-state index contributed by atoms with van der Waals surface area (Å²) in [5, 5.41) is 4.07. The first kappa shape index (κ1) is 19.2. The van der Waals surface area contributed by atoms with Crippen LogP contribution in [0.25, 0.3) is 11.3 Å². The quantitative estimate of drug-likeness (QED) is 0.401. The zero-order valence-electron chi connectivity index (χ0n) is 15.3. The lowest BCUT2D eigenvalue weighted by atomic mass is 10.0. The van der Waals surface area contributed by atoms with Gasteiger partial charge in [-0.15, -0.1) is 0 Å². The van der Waals surface area contributed by atoms with Crippen LogP contribution in [-0.4, -0.2) is 15.9 Å². The maximum atomic E-state index is 12.6. The summed E-state index contributed by atoms with van der Waals surface area (Å²) in [6.45, 7) is 0. The van der Waals surface area contributed by atoms with Crippen LogP contribution >= 0.6 is 23.2 Å². The molecule has 1 heterocycles. The summed E-state index contributed by atoms with van der Waals surface area (Å²) in [6, 6.07) is 24.3. The van der Waals surface area contributed by atoms with E-state index < -0.39 is 0 Å². The van der Waals surface area contributed by atoms with Gasteiger partial charge in [0.15, 0.2) is 0 Å². The van der Waals surface area contributed by atoms with E-state index >= 15 is 0 Å². The van der Waals surface area contributed by atoms with Crippen LogP contribution in [0.4, 0.5) is 5.95 Å². The molecule has 0 spiro atoms. The molecule has 2 N–H and O–H groups in total. The first-order chi connectivity index (χ1) is 14.1. The molecule has 0 saturated carbocycles. The molecule has 4 aromatic rings. The largest absolute Gasteiger partial charge is 0.327 e. The molecule has 3 aromatic carbocycles. The third kappa shape index (κ3) is 4.67. The normalized spacial score (nSPS) is 10.7. The molecule has 0 fully saturated rings. The smallest absolute Gasteiger partial charge is 0.257 e. The van der Waals surface area contributed by atoms with Crippen LogP contribution in [0.2, 0.25) is 10.0 Å². The summed E-state index contributed by atoms with van der Waals surface area (Å²) >= 11 is 11.9. The Labute approximate surface area is 178 Å². The number of benzene rings is 3. The first-order valence-electron chi connectivity index (χ1n) is 9.04. The fraction of sp³-hybridized carbons (Fsp3) is 0.0435. The number of rotatable bonds is 5. The minimum absolute atomic E-state index is 0.260. The van der Waals surface area contributed by atoms with Gasteiger partial charge in [-0.25, -0.2) is 4.98 Å². The van der Waals surface area contributed by atoms with Crippen LogP contribution in [0.15, 0.2) is 78.9 Å². The van der Waals surface area contributed by atoms with Crippen molar-refractivity contribution in [3.63, 3.8) is 0 Å². The Balaban J connectivity index is 1.65. The fourth-order valence-electron chi connectivity index (χ4n) is 3.02. The Kier molecular flexibility index (Phi) is 5.65. The summed E-state index contributed by atoms with van der Waals surface area (Å²) in [7, 11) is 0. The number of halogens is 2. The third-order valence-corrected chi connectivity index (χ3v) is 4.96. The maximum Gasteiger partial charge on any atom is 0.257 e. The van der Waals surface area contributed by atoms with Gasteiger partial charge >= 0.3 is 0 Å². The van der Waals surface area contributed by atoms with Gasteiger partial charge < -0.3 is 4.98 Å². The molecule has 0 aliphatic heterocycles. The zero-order chi connectivity index (χ0) is 20.2. The number of hydrogen-bond donors (Lipinski definition) is 2. The molecule has 0 bridgehead atoms. The van der Waals surface area contributed by atoms with E-state index in [1.54, 1.807) is 24.3 Å². The Bertz CT molecular complexity index is 1120. The number of hydrogen-bond acceptors (Lipinski definition) is 2. The van der Waals surface area contributed by atoms with Gasteiger partial charge in [-0.1, -0.05) is 65.7 Å². The van der Waals surface area contributed by atoms with Crippen LogP contribution in [-0.2, 0) is 6.42 Å². The van der Waals surface area contributed by atoms with Crippen LogP contribution in [0.5, 0.6) is 0 Å². The van der Waals surface area contributed by atoms with Gasteiger partial charge in [-0.05, 0) is 42.0 Å². The van der Waals surface area contributed by atoms with Crippen molar-refractivity contribution in [2.24, 2.45) is 0 Å². The van der Waals surface area contributed by atoms with E-state index in [1.807, 2.05) is 42.5 Å². The molecule has 0 saturated heterocycles. The van der Waals surface area contributed by atoms with Crippen molar-refractivity contribution in [2.75, 3.05) is 5.32 Å². The predicted molar refractivity (Wildman–Crippen MR) is 118 cm³/mol. The molecule has 1 amide bonds. The second kappa shape index (κ2) is 8.52. The van der Waals surface area contributed by atoms with Crippen molar-refractivity contribution in [3.8, 4) is 11.3 Å². The lowest BCUT2D eigenvalue weighted by Gasteiger charge is -2.03. The summed E-state index contributed by atoms with van der Waals surface area (Å²) in [5.41, 5.74) is 4.25. The van der Waals surface area contributed by atoms with Crippen molar-refractivity contribution in [2.45, 2.75) is 6.42 Å². The van der Waals surface area contributed by atoms with Crippen molar-refractivity contribution >= 4 is 35.1 Å². The Hall–Kier alpha value is -3.08. The van der Waals surface area contributed by atoms with Crippen molar-refractivity contribution in [3.05, 3.63) is 106 Å². The van der Waals surface area contributed by atoms with Gasteiger partial charge in [-0.2, -0.15) is 0 Å². The summed E-state index contributed by atoms with van der Waals surface area (Å²) in [4.78, 5) is 20.4. The van der Waals surface area contributed by atoms with Gasteiger partial charge in [0.2, 0.25) is 5.95 Å². The van der Waals surface area contributed by atoms with Crippen LogP contribution in [0, 0.1) is 0 Å². The Morgan fingerprint density at radius 2 is 1.48 bits per heavy atom. The topological polar surface area (TPSA) is 57.8 Å². The average molecular weight is 422 g/mol. The van der Waals surface area contributed by atoms with Crippen LogP contribution < -0.4 is 5.32 Å². The maximum absolute atomic E-state index is 12.6. The fourth-order valence-corrected chi connectivity index (χ4v) is 3.28. The molecule has 0 atom stereocenters. The lowest BCUT2D eigenvalue weighted by molar-refractivity contribution is 0.102. The minimum Gasteiger partial charge on any atom is -0.327 e. The standard InChI is InChI=1S/C23H17Cl2N3O/c24-18-10-6-16(7-11-18)21-20(14-15-4-2-1-3-5-15)26-23(27-21)28-22(29)17-8-12-19(25)13-9-17/h1-13H,14H2,(H2,26,27,28,29). The average Bonchev–Trinajstić information content (AvgIpc) is 3.11. The second-order valence-electron chi connectivity index (χ2n) is 6.54. The van der Waals surface area contributed by atoms with E-state index in [9.17, 15) is 4.79 Å².